The second kappa shape index (κ2) is 13.5. The van der Waals surface area contributed by atoms with Crippen molar-refractivity contribution in [3.05, 3.63) is 59.1 Å². The molecule has 2 rings (SSSR count). The molecule has 0 aliphatic rings. The maximum Gasteiger partial charge on any atom is 0.407 e. The van der Waals surface area contributed by atoms with Gasteiger partial charge in [-0.1, -0.05) is 61.3 Å². The number of nitrogens with zero attached hydrogens (tertiary/aromatic N) is 1. The summed E-state index contributed by atoms with van der Waals surface area (Å²) in [5, 5.41) is 3.24. The van der Waals surface area contributed by atoms with Crippen LogP contribution < -0.4 is 5.32 Å². The average Bonchev–Trinajstić information content (AvgIpc) is 2.80. The number of halogens is 1. The number of aryl methyl sites for hydroxylation is 1. The zero-order valence-corrected chi connectivity index (χ0v) is 20.1. The van der Waals surface area contributed by atoms with E-state index in [-0.39, 0.29) is 19.1 Å². The summed E-state index contributed by atoms with van der Waals surface area (Å²) in [4.78, 5) is 37.7. The van der Waals surface area contributed by atoms with Crippen LogP contribution in [-0.4, -0.2) is 56.2 Å². The fraction of sp³-hybridized carbons (Fsp3) is 0.400. The minimum atomic E-state index is -0.929. The van der Waals surface area contributed by atoms with Crippen LogP contribution in [0.2, 0.25) is 5.02 Å². The lowest BCUT2D eigenvalue weighted by Gasteiger charge is -2.18. The highest BCUT2D eigenvalue weighted by molar-refractivity contribution is 6.30. The Morgan fingerprint density at radius 2 is 1.76 bits per heavy atom. The minimum absolute atomic E-state index is 0.272. The number of carbonyl (C=O) groups is 3. The third-order valence-corrected chi connectivity index (χ3v) is 5.21. The molecule has 0 radical (unpaired) electrons. The third kappa shape index (κ3) is 9.14. The summed E-state index contributed by atoms with van der Waals surface area (Å²) in [6, 6.07) is 14.6. The Morgan fingerprint density at radius 1 is 1.03 bits per heavy atom. The maximum absolute atomic E-state index is 12.6. The Balaban J connectivity index is 2.01. The Kier molecular flexibility index (Phi) is 10.7. The number of benzene rings is 2. The van der Waals surface area contributed by atoms with Crippen LogP contribution in [-0.2, 0) is 25.5 Å². The van der Waals surface area contributed by atoms with E-state index >= 15 is 0 Å². The highest BCUT2D eigenvalue weighted by Gasteiger charge is 2.24. The molecule has 7 nitrogen and oxygen atoms in total. The number of unbranched alkanes of at least 4 members (excludes halogenated alkanes) is 1. The number of alkyl carbamates (subject to hydrolysis) is 1. The molecule has 8 heteroatoms. The van der Waals surface area contributed by atoms with E-state index in [1.54, 1.807) is 14.1 Å². The molecule has 0 spiro atoms. The van der Waals surface area contributed by atoms with Gasteiger partial charge in [-0.2, -0.15) is 0 Å². The summed E-state index contributed by atoms with van der Waals surface area (Å²) in [7, 11) is 3.15. The van der Waals surface area contributed by atoms with Crippen LogP contribution in [0.4, 0.5) is 4.79 Å². The van der Waals surface area contributed by atoms with Gasteiger partial charge in [0.15, 0.2) is 6.61 Å². The molecule has 0 saturated carbocycles. The highest BCUT2D eigenvalue weighted by atomic mass is 35.5. The molecule has 1 unspecified atom stereocenters. The predicted molar refractivity (Wildman–Crippen MR) is 128 cm³/mol. The molecule has 0 aromatic heterocycles. The lowest BCUT2D eigenvalue weighted by atomic mass is 10.0. The van der Waals surface area contributed by atoms with Gasteiger partial charge in [0.2, 0.25) is 0 Å². The minimum Gasteiger partial charge on any atom is -0.454 e. The molecular formula is C25H31ClN2O5. The number of nitrogens with one attached hydrogen (secondary N) is 1. The molecule has 0 aliphatic carbocycles. The zero-order valence-electron chi connectivity index (χ0n) is 19.3. The van der Waals surface area contributed by atoms with Gasteiger partial charge in [0.05, 0.1) is 6.61 Å². The summed E-state index contributed by atoms with van der Waals surface area (Å²) >= 11 is 6.07. The van der Waals surface area contributed by atoms with Crippen LogP contribution in [0.15, 0.2) is 48.5 Å². The van der Waals surface area contributed by atoms with Gasteiger partial charge in [0.25, 0.3) is 5.91 Å². The second-order valence-electron chi connectivity index (χ2n) is 7.83. The van der Waals surface area contributed by atoms with E-state index in [0.717, 1.165) is 29.5 Å². The van der Waals surface area contributed by atoms with Gasteiger partial charge in [0.1, 0.15) is 6.04 Å². The molecule has 2 aromatic carbocycles. The summed E-state index contributed by atoms with van der Waals surface area (Å²) in [5.41, 5.74) is 3.03. The van der Waals surface area contributed by atoms with Gasteiger partial charge in [-0.15, -0.1) is 0 Å². The van der Waals surface area contributed by atoms with Crippen LogP contribution in [0.3, 0.4) is 0 Å². The number of amides is 2. The molecule has 33 heavy (non-hydrogen) atoms. The molecule has 0 bridgehead atoms. The Bertz CT molecular complexity index is 931. The summed E-state index contributed by atoms with van der Waals surface area (Å²) < 4.78 is 10.2. The molecule has 0 saturated heterocycles. The Labute approximate surface area is 200 Å². The van der Waals surface area contributed by atoms with Crippen molar-refractivity contribution in [1.29, 1.82) is 0 Å². The summed E-state index contributed by atoms with van der Waals surface area (Å²) in [6.45, 7) is 1.87. The number of carbonyl (C=O) groups excluding carboxylic acids is 3. The first-order valence-corrected chi connectivity index (χ1v) is 11.3. The maximum atomic E-state index is 12.6. The van der Waals surface area contributed by atoms with Gasteiger partial charge in [-0.3, -0.25) is 4.79 Å². The Hall–Kier alpha value is -3.06. The second-order valence-corrected chi connectivity index (χ2v) is 8.26. The van der Waals surface area contributed by atoms with Crippen molar-refractivity contribution in [2.24, 2.45) is 0 Å². The number of ether oxygens (including phenoxy) is 2. The molecular weight excluding hydrogens is 444 g/mol. The van der Waals surface area contributed by atoms with Crippen LogP contribution in [0.1, 0.15) is 31.7 Å². The summed E-state index contributed by atoms with van der Waals surface area (Å²) in [5.74, 6) is -1.02. The van der Waals surface area contributed by atoms with Crippen molar-refractivity contribution in [3.8, 4) is 11.1 Å². The number of likely N-dealkylation sites (N-methyl/N-ethyl adjacent to an activating group) is 1. The predicted octanol–water partition coefficient (Wildman–Crippen LogP) is 4.47. The fourth-order valence-electron chi connectivity index (χ4n) is 2.95. The standard InChI is InChI=1S/C25H31ClN2O5/c1-4-5-15-32-25(31)27-22(24(30)33-17-23(29)28(2)3)14-11-18-9-12-19(13-10-18)20-7-6-8-21(26)16-20/h6-10,12-13,16,22H,4-5,11,14-15,17H2,1-3H3,(H,27,31). The van der Waals surface area contributed by atoms with E-state index in [0.29, 0.717) is 17.9 Å². The molecule has 1 N–H and O–H groups in total. The van der Waals surface area contributed by atoms with Crippen molar-refractivity contribution in [3.63, 3.8) is 0 Å². The van der Waals surface area contributed by atoms with Crippen molar-refractivity contribution in [1.82, 2.24) is 10.2 Å². The molecule has 2 amide bonds. The van der Waals surface area contributed by atoms with E-state index in [1.807, 2.05) is 55.5 Å². The normalized spacial score (nSPS) is 11.4. The van der Waals surface area contributed by atoms with E-state index in [2.05, 4.69) is 5.32 Å². The lowest BCUT2D eigenvalue weighted by molar-refractivity contribution is -0.152. The SMILES string of the molecule is CCCCOC(=O)NC(CCc1ccc(-c2cccc(Cl)c2)cc1)C(=O)OCC(=O)N(C)C. The van der Waals surface area contributed by atoms with Crippen molar-refractivity contribution in [2.45, 2.75) is 38.6 Å². The number of esters is 1. The lowest BCUT2D eigenvalue weighted by Crippen LogP contribution is -2.43. The first-order valence-electron chi connectivity index (χ1n) is 10.9. The van der Waals surface area contributed by atoms with E-state index in [1.165, 1.54) is 4.90 Å². The number of hydrogen-bond acceptors (Lipinski definition) is 5. The first-order chi connectivity index (χ1) is 15.8. The van der Waals surface area contributed by atoms with Crippen molar-refractivity contribution < 1.29 is 23.9 Å². The monoisotopic (exact) mass is 474 g/mol. The van der Waals surface area contributed by atoms with Gasteiger partial charge >= 0.3 is 12.1 Å². The highest BCUT2D eigenvalue weighted by Crippen LogP contribution is 2.23. The first kappa shape index (κ1) is 26.2. The van der Waals surface area contributed by atoms with Crippen LogP contribution in [0, 0.1) is 0 Å². The average molecular weight is 475 g/mol. The van der Waals surface area contributed by atoms with Crippen LogP contribution >= 0.6 is 11.6 Å². The zero-order chi connectivity index (χ0) is 24.2. The smallest absolute Gasteiger partial charge is 0.407 e. The molecule has 1 atom stereocenters. The molecule has 0 heterocycles. The topological polar surface area (TPSA) is 84.9 Å². The summed E-state index contributed by atoms with van der Waals surface area (Å²) in [6.07, 6.45) is 1.76. The van der Waals surface area contributed by atoms with Gasteiger partial charge in [-0.25, -0.2) is 9.59 Å². The van der Waals surface area contributed by atoms with Crippen LogP contribution in [0.25, 0.3) is 11.1 Å². The molecule has 0 fully saturated rings. The fourth-order valence-corrected chi connectivity index (χ4v) is 3.14. The molecule has 2 aromatic rings. The van der Waals surface area contributed by atoms with Gasteiger partial charge in [-0.05, 0) is 48.1 Å². The Morgan fingerprint density at radius 3 is 2.39 bits per heavy atom. The van der Waals surface area contributed by atoms with E-state index in [9.17, 15) is 14.4 Å². The molecule has 178 valence electrons. The number of rotatable bonds is 11. The quantitative estimate of drug-likeness (QED) is 0.383. The van der Waals surface area contributed by atoms with Crippen molar-refractivity contribution >= 4 is 29.6 Å². The number of hydrogen-bond donors (Lipinski definition) is 1. The van der Waals surface area contributed by atoms with Gasteiger partial charge in [0, 0.05) is 19.1 Å². The third-order valence-electron chi connectivity index (χ3n) is 4.98. The van der Waals surface area contributed by atoms with Crippen LogP contribution in [0.5, 0.6) is 0 Å². The van der Waals surface area contributed by atoms with Gasteiger partial charge < -0.3 is 19.7 Å². The van der Waals surface area contributed by atoms with E-state index < -0.39 is 18.1 Å². The largest absolute Gasteiger partial charge is 0.454 e. The van der Waals surface area contributed by atoms with Crippen molar-refractivity contribution in [2.75, 3.05) is 27.3 Å². The molecule has 0 aliphatic heterocycles. The van der Waals surface area contributed by atoms with E-state index in [4.69, 9.17) is 21.1 Å².